The van der Waals surface area contributed by atoms with Gasteiger partial charge in [0.1, 0.15) is 0 Å². The molecule has 1 rings (SSSR count). The predicted molar refractivity (Wildman–Crippen MR) is 53.0 cm³/mol. The van der Waals surface area contributed by atoms with Crippen LogP contribution in [0.25, 0.3) is 0 Å². The van der Waals surface area contributed by atoms with Crippen molar-refractivity contribution in [1.82, 2.24) is 10.2 Å². The summed E-state index contributed by atoms with van der Waals surface area (Å²) in [5, 5.41) is 6.78. The number of carbonyl (C=O) groups is 1. The number of esters is 1. The fraction of sp³-hybridized carbons (Fsp3) is 0.600. The van der Waals surface area contributed by atoms with Crippen molar-refractivity contribution in [2.24, 2.45) is 0 Å². The van der Waals surface area contributed by atoms with E-state index in [1.165, 1.54) is 7.11 Å². The van der Waals surface area contributed by atoms with Gasteiger partial charge in [-0.15, -0.1) is 0 Å². The van der Waals surface area contributed by atoms with Crippen LogP contribution in [0.5, 0.6) is 0 Å². The summed E-state index contributed by atoms with van der Waals surface area (Å²) in [5.74, 6) is 0.187. The van der Waals surface area contributed by atoms with Gasteiger partial charge in [-0.2, -0.15) is 5.10 Å². The molecular weight excluding hydrogens is 180 g/mol. The lowest BCUT2D eigenvalue weighted by molar-refractivity contribution is -0.139. The molecule has 1 heterocycles. The van der Waals surface area contributed by atoms with E-state index in [2.05, 4.69) is 28.8 Å². The van der Waals surface area contributed by atoms with Crippen LogP contribution in [-0.2, 0) is 16.0 Å². The minimum Gasteiger partial charge on any atom is -0.469 e. The molecule has 1 atom stereocenters. The van der Waals surface area contributed by atoms with Crippen molar-refractivity contribution in [2.75, 3.05) is 7.11 Å². The van der Waals surface area contributed by atoms with Gasteiger partial charge >= 0.3 is 5.97 Å². The van der Waals surface area contributed by atoms with Crippen LogP contribution in [0.3, 0.4) is 0 Å². The Labute approximate surface area is 83.7 Å². The molecule has 0 amide bonds. The van der Waals surface area contributed by atoms with Crippen molar-refractivity contribution < 1.29 is 9.53 Å². The van der Waals surface area contributed by atoms with Crippen LogP contribution in [0.1, 0.15) is 37.4 Å². The minimum absolute atomic E-state index is 0.237. The number of rotatable bonds is 4. The Hall–Kier alpha value is -1.32. The molecule has 1 aromatic heterocycles. The molecule has 0 aliphatic rings. The summed E-state index contributed by atoms with van der Waals surface area (Å²) in [5.41, 5.74) is 1.98. The monoisotopic (exact) mass is 196 g/mol. The number of hydrogen-bond acceptors (Lipinski definition) is 3. The third-order valence-corrected chi connectivity index (χ3v) is 2.44. The van der Waals surface area contributed by atoms with Gasteiger partial charge in [-0.3, -0.25) is 9.89 Å². The zero-order valence-corrected chi connectivity index (χ0v) is 8.83. The van der Waals surface area contributed by atoms with Gasteiger partial charge < -0.3 is 4.74 Å². The van der Waals surface area contributed by atoms with Gasteiger partial charge in [-0.05, 0) is 17.9 Å². The first-order chi connectivity index (χ1) is 6.69. The molecule has 0 bridgehead atoms. The lowest BCUT2D eigenvalue weighted by atomic mass is 9.98. The van der Waals surface area contributed by atoms with Crippen LogP contribution < -0.4 is 0 Å². The molecular formula is C10H16N2O2. The number of aromatic amines is 1. The third-order valence-electron chi connectivity index (χ3n) is 2.44. The molecule has 0 unspecified atom stereocenters. The van der Waals surface area contributed by atoms with Gasteiger partial charge in [0.05, 0.1) is 19.7 Å². The highest BCUT2D eigenvalue weighted by Crippen LogP contribution is 2.21. The molecule has 4 heteroatoms. The topological polar surface area (TPSA) is 55.0 Å². The van der Waals surface area contributed by atoms with Gasteiger partial charge in [0.25, 0.3) is 0 Å². The summed E-state index contributed by atoms with van der Waals surface area (Å²) < 4.78 is 4.61. The number of aromatic nitrogens is 2. The Morgan fingerprint density at radius 1 is 1.71 bits per heavy atom. The Morgan fingerprint density at radius 3 is 3.00 bits per heavy atom. The van der Waals surface area contributed by atoms with Gasteiger partial charge in [0, 0.05) is 5.69 Å². The van der Waals surface area contributed by atoms with E-state index in [4.69, 9.17) is 0 Å². The van der Waals surface area contributed by atoms with E-state index in [0.717, 1.165) is 17.7 Å². The van der Waals surface area contributed by atoms with E-state index < -0.39 is 0 Å². The Bertz CT molecular complexity index is 307. The van der Waals surface area contributed by atoms with Gasteiger partial charge in [0.15, 0.2) is 0 Å². The zero-order valence-electron chi connectivity index (χ0n) is 8.83. The maximum absolute atomic E-state index is 11.1. The molecule has 1 N–H and O–H groups in total. The summed E-state index contributed by atoms with van der Waals surface area (Å²) in [6, 6.07) is 0. The van der Waals surface area contributed by atoms with Gasteiger partial charge in [-0.1, -0.05) is 13.8 Å². The number of ether oxygens (including phenoxy) is 1. The summed E-state index contributed by atoms with van der Waals surface area (Å²) in [7, 11) is 1.39. The summed E-state index contributed by atoms with van der Waals surface area (Å²) >= 11 is 0. The highest BCUT2D eigenvalue weighted by Gasteiger charge is 2.14. The van der Waals surface area contributed by atoms with E-state index in [9.17, 15) is 4.79 Å². The number of H-pyrrole nitrogens is 1. The SMILES string of the molecule is CC[C@@H](C)c1cn[nH]c1CC(=O)OC. The second kappa shape index (κ2) is 4.79. The Balaban J connectivity index is 2.77. The number of carbonyl (C=O) groups excluding carboxylic acids is 1. The Kier molecular flexibility index (Phi) is 3.68. The smallest absolute Gasteiger partial charge is 0.311 e. The molecule has 0 radical (unpaired) electrons. The lowest BCUT2D eigenvalue weighted by Crippen LogP contribution is -2.07. The van der Waals surface area contributed by atoms with Crippen molar-refractivity contribution in [3.8, 4) is 0 Å². The molecule has 0 spiro atoms. The third kappa shape index (κ3) is 2.34. The molecule has 0 saturated heterocycles. The average molecular weight is 196 g/mol. The van der Waals surface area contributed by atoms with E-state index >= 15 is 0 Å². The maximum Gasteiger partial charge on any atom is 0.311 e. The largest absolute Gasteiger partial charge is 0.469 e. The first-order valence-electron chi connectivity index (χ1n) is 4.78. The van der Waals surface area contributed by atoms with Crippen LogP contribution in [-0.4, -0.2) is 23.3 Å². The summed E-state index contributed by atoms with van der Waals surface area (Å²) in [6.45, 7) is 4.23. The molecule has 0 aliphatic heterocycles. The fourth-order valence-electron chi connectivity index (χ4n) is 1.32. The van der Waals surface area contributed by atoms with E-state index in [0.29, 0.717) is 5.92 Å². The van der Waals surface area contributed by atoms with E-state index in [1.54, 1.807) is 6.20 Å². The fourth-order valence-corrected chi connectivity index (χ4v) is 1.32. The number of hydrogen-bond donors (Lipinski definition) is 1. The van der Waals surface area contributed by atoms with Gasteiger partial charge in [0.2, 0.25) is 0 Å². The quantitative estimate of drug-likeness (QED) is 0.745. The minimum atomic E-state index is -0.237. The van der Waals surface area contributed by atoms with Crippen molar-refractivity contribution in [3.63, 3.8) is 0 Å². The first-order valence-corrected chi connectivity index (χ1v) is 4.78. The first kappa shape index (κ1) is 10.8. The zero-order chi connectivity index (χ0) is 10.6. The van der Waals surface area contributed by atoms with Crippen molar-refractivity contribution in [1.29, 1.82) is 0 Å². The van der Waals surface area contributed by atoms with E-state index in [1.807, 2.05) is 0 Å². The maximum atomic E-state index is 11.1. The molecule has 1 aromatic rings. The van der Waals surface area contributed by atoms with Crippen LogP contribution >= 0.6 is 0 Å². The lowest BCUT2D eigenvalue weighted by Gasteiger charge is -2.07. The Morgan fingerprint density at radius 2 is 2.43 bits per heavy atom. The van der Waals surface area contributed by atoms with Crippen LogP contribution in [0.2, 0.25) is 0 Å². The van der Waals surface area contributed by atoms with Crippen molar-refractivity contribution in [3.05, 3.63) is 17.5 Å². The average Bonchev–Trinajstić information content (AvgIpc) is 2.64. The highest BCUT2D eigenvalue weighted by molar-refractivity contribution is 5.72. The van der Waals surface area contributed by atoms with Crippen LogP contribution in [0.4, 0.5) is 0 Å². The van der Waals surface area contributed by atoms with Crippen molar-refractivity contribution >= 4 is 5.97 Å². The van der Waals surface area contributed by atoms with Crippen molar-refractivity contribution in [2.45, 2.75) is 32.6 Å². The molecule has 0 fully saturated rings. The predicted octanol–water partition coefficient (Wildman–Crippen LogP) is 1.64. The van der Waals surface area contributed by atoms with Crippen LogP contribution in [0, 0.1) is 0 Å². The molecule has 0 aliphatic carbocycles. The van der Waals surface area contributed by atoms with Gasteiger partial charge in [-0.25, -0.2) is 0 Å². The molecule has 0 saturated carbocycles. The molecule has 0 aromatic carbocycles. The number of nitrogens with zero attached hydrogens (tertiary/aromatic N) is 1. The molecule has 78 valence electrons. The second-order valence-corrected chi connectivity index (χ2v) is 3.37. The second-order valence-electron chi connectivity index (χ2n) is 3.37. The molecule has 14 heavy (non-hydrogen) atoms. The van der Waals surface area contributed by atoms with E-state index in [-0.39, 0.29) is 12.4 Å². The number of nitrogens with one attached hydrogen (secondary N) is 1. The normalized spacial score (nSPS) is 12.5. The standard InChI is InChI=1S/C10H16N2O2/c1-4-7(2)8-6-11-12-9(8)5-10(13)14-3/h6-7H,4-5H2,1-3H3,(H,11,12)/t7-/m1/s1. The van der Waals surface area contributed by atoms with Crippen LogP contribution in [0.15, 0.2) is 6.20 Å². The number of methoxy groups -OCH3 is 1. The highest BCUT2D eigenvalue weighted by atomic mass is 16.5. The summed E-state index contributed by atoms with van der Waals surface area (Å²) in [6.07, 6.45) is 3.09. The molecule has 4 nitrogen and oxygen atoms in total. The summed E-state index contributed by atoms with van der Waals surface area (Å²) in [4.78, 5) is 11.1.